The normalized spacial score (nSPS) is 14.1. The number of halogens is 3. The molecular weight excluding hydrogens is 432 g/mol. The highest BCUT2D eigenvalue weighted by molar-refractivity contribution is 7.07. The molecule has 6 nitrogen and oxygen atoms in total. The summed E-state index contributed by atoms with van der Waals surface area (Å²) in [6.07, 6.45) is 0. The van der Waals surface area contributed by atoms with Crippen molar-refractivity contribution in [2.24, 2.45) is 0 Å². The van der Waals surface area contributed by atoms with Crippen LogP contribution in [0.15, 0.2) is 35.4 Å². The van der Waals surface area contributed by atoms with Crippen LogP contribution < -0.4 is 4.90 Å². The quantitative estimate of drug-likeness (QED) is 0.566. The molecule has 3 heterocycles. The van der Waals surface area contributed by atoms with Crippen LogP contribution >= 0.6 is 22.9 Å². The number of anilines is 1. The first-order valence-electron chi connectivity index (χ1n) is 8.90. The fourth-order valence-electron chi connectivity index (χ4n) is 3.53. The number of rotatable bonds is 3. The first-order chi connectivity index (χ1) is 14.4. The minimum atomic E-state index is -1.02. The van der Waals surface area contributed by atoms with Crippen molar-refractivity contribution in [3.8, 4) is 17.5 Å². The van der Waals surface area contributed by atoms with E-state index in [1.807, 2.05) is 4.90 Å². The molecule has 3 aromatic rings. The maximum atomic E-state index is 14.7. The van der Waals surface area contributed by atoms with Crippen molar-refractivity contribution in [1.82, 2.24) is 14.9 Å². The van der Waals surface area contributed by atoms with E-state index in [1.165, 1.54) is 22.3 Å². The number of hydrogen-bond acceptors (Lipinski definition) is 6. The summed E-state index contributed by atoms with van der Waals surface area (Å²) in [6, 6.07) is 4.91. The highest BCUT2D eigenvalue weighted by Crippen LogP contribution is 2.38. The lowest BCUT2D eigenvalue weighted by molar-refractivity contribution is -0.128. The fraction of sp³-hybridized carbons (Fsp3) is 0.200. The van der Waals surface area contributed by atoms with E-state index >= 15 is 0 Å². The van der Waals surface area contributed by atoms with Crippen molar-refractivity contribution >= 4 is 45.4 Å². The Balaban J connectivity index is 1.87. The summed E-state index contributed by atoms with van der Waals surface area (Å²) >= 11 is 7.42. The summed E-state index contributed by atoms with van der Waals surface area (Å²) < 4.78 is 28.0. The van der Waals surface area contributed by atoms with Crippen LogP contribution in [0.1, 0.15) is 5.56 Å². The number of benzene rings is 1. The molecule has 30 heavy (non-hydrogen) atoms. The van der Waals surface area contributed by atoms with Gasteiger partial charge >= 0.3 is 0 Å². The second-order valence-corrected chi connectivity index (χ2v) is 7.79. The zero-order valence-electron chi connectivity index (χ0n) is 15.5. The Kier molecular flexibility index (Phi) is 5.37. The number of amides is 1. The van der Waals surface area contributed by atoms with Crippen LogP contribution in [0.25, 0.3) is 22.3 Å². The minimum Gasteiger partial charge on any atom is -0.366 e. The number of carbonyl (C=O) groups is 1. The second-order valence-electron chi connectivity index (χ2n) is 6.64. The minimum absolute atomic E-state index is 0.0760. The van der Waals surface area contributed by atoms with Gasteiger partial charge in [-0.05, 0) is 12.1 Å². The average molecular weight is 446 g/mol. The maximum absolute atomic E-state index is 14.7. The first-order valence-corrected chi connectivity index (χ1v) is 10.2. The molecule has 0 N–H and O–H groups in total. The molecule has 0 radical (unpaired) electrons. The third kappa shape index (κ3) is 3.49. The van der Waals surface area contributed by atoms with Crippen LogP contribution in [0.2, 0.25) is 5.02 Å². The molecular formula is C20H14ClF2N5OS. The summed E-state index contributed by atoms with van der Waals surface area (Å²) in [6.45, 7) is 4.14. The Morgan fingerprint density at radius 1 is 1.30 bits per heavy atom. The van der Waals surface area contributed by atoms with E-state index in [0.717, 1.165) is 0 Å². The lowest BCUT2D eigenvalue weighted by atomic mass is 10.0. The van der Waals surface area contributed by atoms with E-state index in [1.54, 1.807) is 17.0 Å². The number of thiazole rings is 1. The Bertz CT molecular complexity index is 1200. The number of carbonyl (C=O) groups excluding carboxylic acids is 1. The smallest absolute Gasteiger partial charge is 0.282 e. The Labute approximate surface area is 179 Å². The third-order valence-corrected chi connectivity index (χ3v) is 5.69. The van der Waals surface area contributed by atoms with Gasteiger partial charge in [0.1, 0.15) is 28.5 Å². The molecule has 0 unspecified atom stereocenters. The fourth-order valence-corrected chi connectivity index (χ4v) is 4.27. The van der Waals surface area contributed by atoms with Crippen LogP contribution in [0.4, 0.5) is 14.5 Å². The monoisotopic (exact) mass is 445 g/mol. The van der Waals surface area contributed by atoms with Gasteiger partial charge in [-0.3, -0.25) is 4.79 Å². The highest BCUT2D eigenvalue weighted by Gasteiger charge is 2.28. The van der Waals surface area contributed by atoms with Gasteiger partial charge in [0, 0.05) is 42.0 Å². The highest BCUT2D eigenvalue weighted by atomic mass is 35.5. The van der Waals surface area contributed by atoms with Crippen LogP contribution in [0.3, 0.4) is 0 Å². The van der Waals surface area contributed by atoms with Crippen molar-refractivity contribution in [2.75, 3.05) is 31.1 Å². The van der Waals surface area contributed by atoms with E-state index in [2.05, 4.69) is 22.6 Å². The number of nitrogens with zero attached hydrogens (tertiary/aromatic N) is 5. The van der Waals surface area contributed by atoms with E-state index in [0.29, 0.717) is 29.9 Å². The van der Waals surface area contributed by atoms with Gasteiger partial charge in [-0.25, -0.2) is 18.7 Å². The van der Waals surface area contributed by atoms with Crippen molar-refractivity contribution < 1.29 is 13.6 Å². The second kappa shape index (κ2) is 7.97. The lowest BCUT2D eigenvalue weighted by Gasteiger charge is -2.36. The number of fused-ring (bicyclic) bond motifs is 1. The molecule has 1 aromatic carbocycles. The molecule has 4 rings (SSSR count). The van der Waals surface area contributed by atoms with Gasteiger partial charge < -0.3 is 9.80 Å². The van der Waals surface area contributed by atoms with Crippen LogP contribution in [0, 0.1) is 17.1 Å². The van der Waals surface area contributed by atoms with Gasteiger partial charge in [0.15, 0.2) is 11.6 Å². The number of aromatic nitrogens is 2. The number of pyridine rings is 1. The Morgan fingerprint density at radius 3 is 2.63 bits per heavy atom. The molecule has 1 aliphatic heterocycles. The largest absolute Gasteiger partial charge is 0.366 e. The molecule has 1 fully saturated rings. The molecule has 0 saturated carbocycles. The molecule has 0 aliphatic carbocycles. The van der Waals surface area contributed by atoms with Gasteiger partial charge in [0.25, 0.3) is 5.91 Å². The number of hydrogen-bond donors (Lipinski definition) is 0. The predicted octanol–water partition coefficient (Wildman–Crippen LogP) is 4.15. The number of nitriles is 1. The third-order valence-electron chi connectivity index (χ3n) is 4.88. The van der Waals surface area contributed by atoms with Crippen LogP contribution in [-0.2, 0) is 4.79 Å². The molecule has 10 heteroatoms. The first kappa shape index (κ1) is 20.2. The summed E-state index contributed by atoms with van der Waals surface area (Å²) in [5.41, 5.74) is 3.14. The SMILES string of the molecule is C=C(F)C(=O)N1CCN(c2c(C#N)c(-c3cscn3)nc3c(F)cc(Cl)cc23)CC1. The topological polar surface area (TPSA) is 73.1 Å². The zero-order chi connectivity index (χ0) is 21.4. The molecule has 0 spiro atoms. The molecule has 1 amide bonds. The van der Waals surface area contributed by atoms with Gasteiger partial charge in [-0.2, -0.15) is 5.26 Å². The van der Waals surface area contributed by atoms with E-state index in [4.69, 9.17) is 11.6 Å². The van der Waals surface area contributed by atoms with Crippen molar-refractivity contribution in [3.63, 3.8) is 0 Å². The van der Waals surface area contributed by atoms with Gasteiger partial charge in [-0.1, -0.05) is 18.2 Å². The summed E-state index contributed by atoms with van der Waals surface area (Å²) in [7, 11) is 0. The van der Waals surface area contributed by atoms with Crippen molar-refractivity contribution in [3.05, 3.63) is 51.8 Å². The van der Waals surface area contributed by atoms with Crippen molar-refractivity contribution in [2.45, 2.75) is 0 Å². The van der Waals surface area contributed by atoms with Gasteiger partial charge in [0.2, 0.25) is 0 Å². The molecule has 2 aromatic heterocycles. The summed E-state index contributed by atoms with van der Waals surface area (Å²) in [5.74, 6) is -2.38. The lowest BCUT2D eigenvalue weighted by Crippen LogP contribution is -2.49. The molecule has 1 aliphatic rings. The predicted molar refractivity (Wildman–Crippen MR) is 112 cm³/mol. The van der Waals surface area contributed by atoms with Crippen LogP contribution in [0.5, 0.6) is 0 Å². The molecule has 1 saturated heterocycles. The van der Waals surface area contributed by atoms with E-state index in [9.17, 15) is 18.8 Å². The van der Waals surface area contributed by atoms with Gasteiger partial charge in [0.05, 0.1) is 11.2 Å². The zero-order valence-corrected chi connectivity index (χ0v) is 17.1. The van der Waals surface area contributed by atoms with Crippen LogP contribution in [-0.4, -0.2) is 47.0 Å². The Hall–Kier alpha value is -3.09. The Morgan fingerprint density at radius 2 is 2.03 bits per heavy atom. The van der Waals surface area contributed by atoms with Crippen molar-refractivity contribution in [1.29, 1.82) is 5.26 Å². The molecule has 0 bridgehead atoms. The molecule has 0 atom stereocenters. The maximum Gasteiger partial charge on any atom is 0.282 e. The average Bonchev–Trinajstić information content (AvgIpc) is 3.26. The molecule has 152 valence electrons. The standard InChI is InChI=1S/C20H14ClF2N5OS/c1-11(22)20(29)28-4-2-27(3-5-28)19-13-6-12(21)7-15(23)17(13)26-18(14(19)8-24)16-9-30-10-25-16/h6-7,9-10H,1-5H2. The summed E-state index contributed by atoms with van der Waals surface area (Å²) in [5, 5.41) is 12.2. The number of piperazine rings is 1. The summed E-state index contributed by atoms with van der Waals surface area (Å²) in [4.78, 5) is 23.7. The van der Waals surface area contributed by atoms with E-state index in [-0.39, 0.29) is 34.9 Å². The van der Waals surface area contributed by atoms with Gasteiger partial charge in [-0.15, -0.1) is 11.3 Å². The van der Waals surface area contributed by atoms with E-state index < -0.39 is 17.6 Å².